The lowest BCUT2D eigenvalue weighted by Crippen LogP contribution is -2.29. The first-order chi connectivity index (χ1) is 8.85. The Morgan fingerprint density at radius 3 is 2.74 bits per heavy atom. The standard InChI is InChI=1S/C14H19NO4/c1-9(4-7-13(16)17)15-10-5-6-11-12(8-10)19-14(2,3)18-11/h5-6,8-9,15H,4,7H2,1-3H3,(H,16,17). The molecule has 0 aromatic heterocycles. The Morgan fingerprint density at radius 1 is 1.37 bits per heavy atom. The summed E-state index contributed by atoms with van der Waals surface area (Å²) in [7, 11) is 0. The quantitative estimate of drug-likeness (QED) is 0.856. The van der Waals surface area contributed by atoms with Crippen LogP contribution in [0.2, 0.25) is 0 Å². The molecule has 1 aromatic carbocycles. The van der Waals surface area contributed by atoms with Gasteiger partial charge >= 0.3 is 5.97 Å². The van der Waals surface area contributed by atoms with Gasteiger partial charge in [-0.3, -0.25) is 4.79 Å². The molecule has 5 heteroatoms. The van der Waals surface area contributed by atoms with Gasteiger partial charge in [-0.15, -0.1) is 0 Å². The smallest absolute Gasteiger partial charge is 0.303 e. The van der Waals surface area contributed by atoms with Crippen LogP contribution in [0.3, 0.4) is 0 Å². The van der Waals surface area contributed by atoms with Crippen LogP contribution in [-0.2, 0) is 4.79 Å². The molecule has 2 N–H and O–H groups in total. The normalized spacial score (nSPS) is 17.0. The molecule has 1 unspecified atom stereocenters. The van der Waals surface area contributed by atoms with Gasteiger partial charge in [-0.1, -0.05) is 0 Å². The third-order valence-electron chi connectivity index (χ3n) is 2.86. The molecule has 0 amide bonds. The van der Waals surface area contributed by atoms with Crippen LogP contribution in [0.15, 0.2) is 18.2 Å². The molecule has 2 rings (SSSR count). The fraction of sp³-hybridized carbons (Fsp3) is 0.500. The van der Waals surface area contributed by atoms with Crippen molar-refractivity contribution in [2.75, 3.05) is 5.32 Å². The third kappa shape index (κ3) is 3.53. The second-order valence-corrected chi connectivity index (χ2v) is 5.24. The lowest BCUT2D eigenvalue weighted by Gasteiger charge is -2.16. The number of carbonyl (C=O) groups is 1. The van der Waals surface area contributed by atoms with Gasteiger partial charge in [0, 0.05) is 38.1 Å². The minimum absolute atomic E-state index is 0.0875. The van der Waals surface area contributed by atoms with E-state index >= 15 is 0 Å². The van der Waals surface area contributed by atoms with Crippen molar-refractivity contribution in [2.24, 2.45) is 0 Å². The van der Waals surface area contributed by atoms with Gasteiger partial charge in [0.15, 0.2) is 11.5 Å². The Labute approximate surface area is 112 Å². The number of aliphatic carboxylic acids is 1. The zero-order valence-electron chi connectivity index (χ0n) is 11.4. The van der Waals surface area contributed by atoms with E-state index in [1.165, 1.54) is 0 Å². The second-order valence-electron chi connectivity index (χ2n) is 5.24. The predicted molar refractivity (Wildman–Crippen MR) is 71.7 cm³/mol. The zero-order valence-corrected chi connectivity index (χ0v) is 11.4. The molecule has 1 heterocycles. The molecule has 0 fully saturated rings. The highest BCUT2D eigenvalue weighted by atomic mass is 16.7. The molecule has 0 radical (unpaired) electrons. The minimum atomic E-state index is -0.777. The average molecular weight is 265 g/mol. The molecule has 1 aliphatic rings. The Morgan fingerprint density at radius 2 is 2.05 bits per heavy atom. The Hall–Kier alpha value is -1.91. The van der Waals surface area contributed by atoms with Gasteiger partial charge in [0.1, 0.15) is 0 Å². The highest BCUT2D eigenvalue weighted by Crippen LogP contribution is 2.40. The van der Waals surface area contributed by atoms with Crippen LogP contribution in [0.25, 0.3) is 0 Å². The Bertz CT molecular complexity index is 484. The topological polar surface area (TPSA) is 67.8 Å². The van der Waals surface area contributed by atoms with Crippen LogP contribution >= 0.6 is 0 Å². The molecule has 0 bridgehead atoms. The van der Waals surface area contributed by atoms with E-state index in [1.54, 1.807) is 0 Å². The first kappa shape index (κ1) is 13.5. The van der Waals surface area contributed by atoms with Crippen molar-refractivity contribution in [3.8, 4) is 11.5 Å². The Balaban J connectivity index is 1.98. The summed E-state index contributed by atoms with van der Waals surface area (Å²) >= 11 is 0. The van der Waals surface area contributed by atoms with E-state index in [1.807, 2.05) is 39.0 Å². The maximum atomic E-state index is 10.5. The number of hydrogen-bond acceptors (Lipinski definition) is 4. The van der Waals surface area contributed by atoms with Crippen molar-refractivity contribution in [2.45, 2.75) is 45.4 Å². The number of rotatable bonds is 5. The van der Waals surface area contributed by atoms with Crippen LogP contribution in [0.4, 0.5) is 5.69 Å². The monoisotopic (exact) mass is 265 g/mol. The van der Waals surface area contributed by atoms with Gasteiger partial charge in [0.25, 0.3) is 0 Å². The number of carboxylic acid groups (broad SMARTS) is 1. The van der Waals surface area contributed by atoms with Crippen LogP contribution in [0, 0.1) is 0 Å². The fourth-order valence-electron chi connectivity index (χ4n) is 2.01. The summed E-state index contributed by atoms with van der Waals surface area (Å²) in [5.41, 5.74) is 0.901. The molecular formula is C14H19NO4. The van der Waals surface area contributed by atoms with Crippen molar-refractivity contribution in [1.82, 2.24) is 0 Å². The summed E-state index contributed by atoms with van der Waals surface area (Å²) in [4.78, 5) is 10.5. The number of fused-ring (bicyclic) bond motifs is 1. The fourth-order valence-corrected chi connectivity index (χ4v) is 2.01. The molecule has 104 valence electrons. The van der Waals surface area contributed by atoms with Crippen LogP contribution < -0.4 is 14.8 Å². The molecule has 19 heavy (non-hydrogen) atoms. The van der Waals surface area contributed by atoms with E-state index < -0.39 is 11.8 Å². The summed E-state index contributed by atoms with van der Waals surface area (Å²) in [5.74, 6) is 0.0332. The van der Waals surface area contributed by atoms with E-state index in [-0.39, 0.29) is 12.5 Å². The largest absolute Gasteiger partial charge is 0.481 e. The van der Waals surface area contributed by atoms with Gasteiger partial charge in [-0.05, 0) is 25.5 Å². The van der Waals surface area contributed by atoms with Gasteiger partial charge in [0.05, 0.1) is 0 Å². The number of benzene rings is 1. The number of ether oxygens (including phenoxy) is 2. The van der Waals surface area contributed by atoms with Gasteiger partial charge in [0.2, 0.25) is 5.79 Å². The molecule has 0 aliphatic carbocycles. The second kappa shape index (κ2) is 4.99. The summed E-state index contributed by atoms with van der Waals surface area (Å²) in [6.07, 6.45) is 0.737. The maximum Gasteiger partial charge on any atom is 0.303 e. The number of nitrogens with one attached hydrogen (secondary N) is 1. The van der Waals surface area contributed by atoms with Crippen LogP contribution in [0.5, 0.6) is 11.5 Å². The summed E-state index contributed by atoms with van der Waals surface area (Å²) in [6, 6.07) is 5.72. The summed E-state index contributed by atoms with van der Waals surface area (Å²) < 4.78 is 11.3. The SMILES string of the molecule is CC(CCC(=O)O)Nc1ccc2c(c1)OC(C)(C)O2. The highest BCUT2D eigenvalue weighted by Gasteiger charge is 2.31. The zero-order chi connectivity index (χ0) is 14.0. The van der Waals surface area contributed by atoms with Gasteiger partial charge in [-0.25, -0.2) is 0 Å². The van der Waals surface area contributed by atoms with Crippen molar-refractivity contribution in [3.63, 3.8) is 0 Å². The van der Waals surface area contributed by atoms with Crippen molar-refractivity contribution < 1.29 is 19.4 Å². The Kier molecular flexibility index (Phi) is 3.55. The number of anilines is 1. The lowest BCUT2D eigenvalue weighted by atomic mass is 10.1. The van der Waals surface area contributed by atoms with Gasteiger partial charge < -0.3 is 19.9 Å². The van der Waals surface area contributed by atoms with E-state index in [0.717, 1.165) is 11.4 Å². The van der Waals surface area contributed by atoms with Crippen molar-refractivity contribution in [3.05, 3.63) is 18.2 Å². The van der Waals surface area contributed by atoms with Crippen LogP contribution in [-0.4, -0.2) is 22.9 Å². The molecule has 1 atom stereocenters. The third-order valence-corrected chi connectivity index (χ3v) is 2.86. The summed E-state index contributed by atoms with van der Waals surface area (Å²) in [6.45, 7) is 5.67. The molecule has 5 nitrogen and oxygen atoms in total. The van der Waals surface area contributed by atoms with E-state index in [9.17, 15) is 4.79 Å². The molecule has 1 aromatic rings. The van der Waals surface area contributed by atoms with Crippen molar-refractivity contribution in [1.29, 1.82) is 0 Å². The number of carboxylic acids is 1. The molecule has 0 saturated carbocycles. The minimum Gasteiger partial charge on any atom is -0.481 e. The van der Waals surface area contributed by atoms with Gasteiger partial charge in [-0.2, -0.15) is 0 Å². The van der Waals surface area contributed by atoms with Crippen molar-refractivity contribution >= 4 is 11.7 Å². The average Bonchev–Trinajstić information content (AvgIpc) is 2.59. The van der Waals surface area contributed by atoms with Crippen LogP contribution in [0.1, 0.15) is 33.6 Å². The predicted octanol–water partition coefficient (Wildman–Crippen LogP) is 2.86. The number of hydrogen-bond donors (Lipinski definition) is 2. The van der Waals surface area contributed by atoms with E-state index in [2.05, 4.69) is 5.32 Å². The molecule has 0 saturated heterocycles. The van der Waals surface area contributed by atoms with E-state index in [4.69, 9.17) is 14.6 Å². The molecule has 1 aliphatic heterocycles. The maximum absolute atomic E-state index is 10.5. The molecular weight excluding hydrogens is 246 g/mol. The first-order valence-corrected chi connectivity index (χ1v) is 6.36. The van der Waals surface area contributed by atoms with E-state index in [0.29, 0.717) is 12.2 Å². The summed E-state index contributed by atoms with van der Waals surface area (Å²) in [5, 5.41) is 11.9. The lowest BCUT2D eigenvalue weighted by molar-refractivity contribution is -0.137. The highest BCUT2D eigenvalue weighted by molar-refractivity contribution is 5.66. The first-order valence-electron chi connectivity index (χ1n) is 6.36. The molecule has 0 spiro atoms.